The molecule has 1 rings (SSSR count). The van der Waals surface area contributed by atoms with Crippen molar-refractivity contribution in [2.75, 3.05) is 0 Å². The van der Waals surface area contributed by atoms with Crippen LogP contribution in [-0.2, 0) is 4.84 Å². The van der Waals surface area contributed by atoms with E-state index in [1.54, 1.807) is 0 Å². The molecule has 2 unspecified atom stereocenters. The van der Waals surface area contributed by atoms with Gasteiger partial charge in [0.25, 0.3) is 0 Å². The number of nitrogens with two attached hydrogens (primary N) is 1. The van der Waals surface area contributed by atoms with E-state index in [9.17, 15) is 0 Å². The summed E-state index contributed by atoms with van der Waals surface area (Å²) in [6.45, 7) is 4.43. The Hall–Kier alpha value is 0.137. The zero-order chi connectivity index (χ0) is 8.32. The molecule has 1 fully saturated rings. The van der Waals surface area contributed by atoms with Crippen molar-refractivity contribution >= 4 is 8.80 Å². The second-order valence-electron chi connectivity index (χ2n) is 3.81. The highest BCUT2D eigenvalue weighted by molar-refractivity contribution is 6.65. The van der Waals surface area contributed by atoms with Gasteiger partial charge in [-0.25, -0.2) is 5.90 Å². The van der Waals surface area contributed by atoms with Crippen molar-refractivity contribution in [2.24, 2.45) is 5.90 Å². The minimum absolute atomic E-state index is 0.148. The van der Waals surface area contributed by atoms with Gasteiger partial charge in [0.05, 0.1) is 14.0 Å². The Kier molecular flexibility index (Phi) is 3.10. The largest absolute Gasteiger partial charge is 0.302 e. The van der Waals surface area contributed by atoms with Gasteiger partial charge in [-0.2, -0.15) is 0 Å². The van der Waals surface area contributed by atoms with E-state index in [-0.39, 0.29) is 5.22 Å². The molecule has 1 saturated heterocycles. The lowest BCUT2D eigenvalue weighted by Crippen LogP contribution is -2.55. The summed E-state index contributed by atoms with van der Waals surface area (Å²) in [5, 5.41) is 0.148. The maximum atomic E-state index is 5.26. The molecular weight excluding hydrogens is 154 g/mol. The molecule has 0 aliphatic carbocycles. The summed E-state index contributed by atoms with van der Waals surface area (Å²) in [5.74, 6) is 5.26. The predicted octanol–water partition coefficient (Wildman–Crippen LogP) is 1.61. The van der Waals surface area contributed by atoms with Crippen LogP contribution in [0.15, 0.2) is 0 Å². The van der Waals surface area contributed by atoms with Gasteiger partial charge in [-0.15, -0.1) is 0 Å². The van der Waals surface area contributed by atoms with Gasteiger partial charge in [0, 0.05) is 0 Å². The summed E-state index contributed by atoms with van der Waals surface area (Å²) in [4.78, 5) is 5.05. The summed E-state index contributed by atoms with van der Waals surface area (Å²) in [6.07, 6.45) is 3.88. The smallest absolute Gasteiger partial charge is 0.0780 e. The van der Waals surface area contributed by atoms with Crippen molar-refractivity contribution in [1.82, 2.24) is 0 Å². The summed E-state index contributed by atoms with van der Waals surface area (Å²) in [5.41, 5.74) is 0. The maximum absolute atomic E-state index is 5.26. The van der Waals surface area contributed by atoms with Gasteiger partial charge in [0.15, 0.2) is 0 Å². The average Bonchev–Trinajstić information content (AvgIpc) is 2.02. The van der Waals surface area contributed by atoms with Crippen LogP contribution in [0.3, 0.4) is 0 Å². The Labute approximate surface area is 70.7 Å². The number of hydrogen-bond donors (Lipinski definition) is 1. The molecule has 0 radical (unpaired) electrons. The van der Waals surface area contributed by atoms with Crippen LogP contribution in [0.4, 0.5) is 0 Å². The molecule has 0 amide bonds. The molecule has 0 spiro atoms. The van der Waals surface area contributed by atoms with Crippen molar-refractivity contribution < 1.29 is 4.84 Å². The lowest BCUT2D eigenvalue weighted by molar-refractivity contribution is 0.00611. The zero-order valence-corrected chi connectivity index (χ0v) is 8.75. The topological polar surface area (TPSA) is 35.2 Å². The fourth-order valence-electron chi connectivity index (χ4n) is 1.81. The van der Waals surface area contributed by atoms with E-state index >= 15 is 0 Å². The van der Waals surface area contributed by atoms with Crippen LogP contribution in [0.1, 0.15) is 33.1 Å². The van der Waals surface area contributed by atoms with Crippen LogP contribution in [0.2, 0.25) is 12.1 Å². The first-order valence-electron chi connectivity index (χ1n) is 4.61. The Bertz CT molecular complexity index is 127. The standard InChI is InChI=1S/C8H19NOSi/c1-3-4-6-11-7-5-8(11,2)10-9/h11H,3-7,9H2,1-2H3. The quantitative estimate of drug-likeness (QED) is 0.518. The summed E-state index contributed by atoms with van der Waals surface area (Å²) >= 11 is 0. The summed E-state index contributed by atoms with van der Waals surface area (Å²) < 4.78 is 0. The summed E-state index contributed by atoms with van der Waals surface area (Å²) in [6, 6.07) is 2.86. The van der Waals surface area contributed by atoms with Gasteiger partial charge >= 0.3 is 0 Å². The van der Waals surface area contributed by atoms with Crippen LogP contribution in [0, 0.1) is 0 Å². The van der Waals surface area contributed by atoms with Gasteiger partial charge < -0.3 is 4.84 Å². The van der Waals surface area contributed by atoms with Crippen LogP contribution >= 0.6 is 0 Å². The molecule has 1 aliphatic heterocycles. The summed E-state index contributed by atoms with van der Waals surface area (Å²) in [7, 11) is -0.596. The van der Waals surface area contributed by atoms with Crippen molar-refractivity contribution in [3.63, 3.8) is 0 Å². The van der Waals surface area contributed by atoms with Crippen molar-refractivity contribution in [3.8, 4) is 0 Å². The highest BCUT2D eigenvalue weighted by atomic mass is 28.3. The third kappa shape index (κ3) is 1.83. The van der Waals surface area contributed by atoms with E-state index in [0.29, 0.717) is 0 Å². The molecule has 1 aliphatic rings. The van der Waals surface area contributed by atoms with Crippen molar-refractivity contribution in [1.29, 1.82) is 0 Å². The molecule has 2 nitrogen and oxygen atoms in total. The third-order valence-corrected chi connectivity index (χ3v) is 7.27. The maximum Gasteiger partial charge on any atom is 0.0780 e. The average molecular weight is 173 g/mol. The molecule has 66 valence electrons. The van der Waals surface area contributed by atoms with E-state index in [1.165, 1.54) is 31.4 Å². The van der Waals surface area contributed by atoms with Gasteiger partial charge in [-0.3, -0.25) is 0 Å². The van der Waals surface area contributed by atoms with Gasteiger partial charge in [0.1, 0.15) is 0 Å². The molecule has 0 saturated carbocycles. The van der Waals surface area contributed by atoms with Crippen LogP contribution < -0.4 is 5.90 Å². The normalized spacial score (nSPS) is 36.8. The molecule has 0 aromatic carbocycles. The fourth-order valence-corrected chi connectivity index (χ4v) is 5.31. The predicted molar refractivity (Wildman–Crippen MR) is 50.0 cm³/mol. The van der Waals surface area contributed by atoms with E-state index in [1.807, 2.05) is 0 Å². The number of hydrogen-bond acceptors (Lipinski definition) is 2. The van der Waals surface area contributed by atoms with Crippen LogP contribution in [0.5, 0.6) is 0 Å². The van der Waals surface area contributed by atoms with E-state index in [4.69, 9.17) is 10.7 Å². The first-order chi connectivity index (χ1) is 5.23. The van der Waals surface area contributed by atoms with Crippen LogP contribution in [0.25, 0.3) is 0 Å². The molecular formula is C8H19NOSi. The Balaban J connectivity index is 2.25. The first kappa shape index (κ1) is 9.23. The van der Waals surface area contributed by atoms with E-state index in [0.717, 1.165) is 0 Å². The van der Waals surface area contributed by atoms with Crippen LogP contribution in [-0.4, -0.2) is 14.0 Å². The Morgan fingerprint density at radius 1 is 1.64 bits per heavy atom. The third-order valence-electron chi connectivity index (χ3n) is 3.03. The lowest BCUT2D eigenvalue weighted by Gasteiger charge is -2.44. The number of unbranched alkanes of at least 4 members (excludes halogenated alkanes) is 1. The van der Waals surface area contributed by atoms with Crippen molar-refractivity contribution in [2.45, 2.75) is 50.4 Å². The Morgan fingerprint density at radius 2 is 2.36 bits per heavy atom. The molecule has 2 atom stereocenters. The second kappa shape index (κ2) is 3.69. The first-order valence-corrected chi connectivity index (χ1v) is 6.82. The highest BCUT2D eigenvalue weighted by Gasteiger charge is 2.44. The fraction of sp³-hybridized carbons (Fsp3) is 1.00. The minimum Gasteiger partial charge on any atom is -0.302 e. The van der Waals surface area contributed by atoms with Gasteiger partial charge in [-0.05, 0) is 13.3 Å². The SMILES string of the molecule is CCCC[SiH]1CCC1(C)ON. The molecule has 1 heterocycles. The molecule has 0 aromatic heterocycles. The van der Waals surface area contributed by atoms with Crippen molar-refractivity contribution in [3.05, 3.63) is 0 Å². The van der Waals surface area contributed by atoms with Gasteiger partial charge in [-0.1, -0.05) is 31.9 Å². The highest BCUT2D eigenvalue weighted by Crippen LogP contribution is 2.36. The van der Waals surface area contributed by atoms with E-state index in [2.05, 4.69) is 13.8 Å². The van der Waals surface area contributed by atoms with Gasteiger partial charge in [0.2, 0.25) is 0 Å². The van der Waals surface area contributed by atoms with E-state index < -0.39 is 8.80 Å². The zero-order valence-electron chi connectivity index (χ0n) is 7.60. The molecule has 11 heavy (non-hydrogen) atoms. The number of rotatable bonds is 4. The molecule has 2 N–H and O–H groups in total. The second-order valence-corrected chi connectivity index (χ2v) is 7.58. The molecule has 0 bridgehead atoms. The molecule has 0 aromatic rings. The monoisotopic (exact) mass is 173 g/mol. The lowest BCUT2D eigenvalue weighted by atomic mass is 10.3. The molecule has 3 heteroatoms. The Morgan fingerprint density at radius 3 is 2.73 bits per heavy atom. The minimum atomic E-state index is -0.596.